The molecule has 0 fully saturated rings. The normalized spacial score (nSPS) is 13.6. The fourth-order valence-corrected chi connectivity index (χ4v) is 3.90. The van der Waals surface area contributed by atoms with Gasteiger partial charge in [-0.2, -0.15) is 21.6 Å². The zero-order valence-electron chi connectivity index (χ0n) is 17.3. The summed E-state index contributed by atoms with van der Waals surface area (Å²) in [5, 5.41) is 0. The SMILES string of the molecule is C[C@@H](COC(c1ccccc1)(c1ccccc1)c1ccccc1)COS(=O)(=O)C(F)(F)F. The highest BCUT2D eigenvalue weighted by Crippen LogP contribution is 2.40. The zero-order valence-corrected chi connectivity index (χ0v) is 18.1. The van der Waals surface area contributed by atoms with Crippen molar-refractivity contribution in [2.45, 2.75) is 18.0 Å². The first-order chi connectivity index (χ1) is 15.2. The first-order valence-corrected chi connectivity index (χ1v) is 11.3. The average molecular weight is 465 g/mol. The third-order valence-corrected chi connectivity index (χ3v) is 5.93. The van der Waals surface area contributed by atoms with E-state index in [1.807, 2.05) is 91.0 Å². The molecule has 0 N–H and O–H groups in total. The maximum absolute atomic E-state index is 12.6. The molecule has 0 spiro atoms. The van der Waals surface area contributed by atoms with E-state index in [1.54, 1.807) is 6.92 Å². The van der Waals surface area contributed by atoms with Gasteiger partial charge in [-0.3, -0.25) is 4.18 Å². The lowest BCUT2D eigenvalue weighted by Crippen LogP contribution is -2.35. The van der Waals surface area contributed by atoms with Crippen LogP contribution in [0.4, 0.5) is 13.2 Å². The Hall–Kier alpha value is -2.68. The van der Waals surface area contributed by atoms with Crippen LogP contribution in [-0.4, -0.2) is 27.1 Å². The van der Waals surface area contributed by atoms with Gasteiger partial charge < -0.3 is 4.74 Å². The van der Waals surface area contributed by atoms with Crippen molar-refractivity contribution in [3.8, 4) is 0 Å². The lowest BCUT2D eigenvalue weighted by atomic mass is 9.80. The Morgan fingerprint density at radius 2 is 1.09 bits per heavy atom. The molecule has 0 aliphatic rings. The van der Waals surface area contributed by atoms with Gasteiger partial charge in [0, 0.05) is 5.92 Å². The molecule has 32 heavy (non-hydrogen) atoms. The summed E-state index contributed by atoms with van der Waals surface area (Å²) < 4.78 is 70.9. The average Bonchev–Trinajstić information content (AvgIpc) is 2.79. The van der Waals surface area contributed by atoms with Crippen LogP contribution in [0, 0.1) is 5.92 Å². The van der Waals surface area contributed by atoms with E-state index >= 15 is 0 Å². The van der Waals surface area contributed by atoms with E-state index in [1.165, 1.54) is 0 Å². The van der Waals surface area contributed by atoms with E-state index in [2.05, 4.69) is 4.18 Å². The smallest absolute Gasteiger partial charge is 0.360 e. The molecule has 0 aromatic heterocycles. The molecule has 170 valence electrons. The maximum atomic E-state index is 12.6. The van der Waals surface area contributed by atoms with Crippen molar-refractivity contribution in [2.75, 3.05) is 13.2 Å². The van der Waals surface area contributed by atoms with Crippen molar-refractivity contribution < 1.29 is 30.5 Å². The van der Waals surface area contributed by atoms with Crippen LogP contribution >= 0.6 is 0 Å². The Bertz CT molecular complexity index is 990. The Labute approximate surface area is 185 Å². The minimum absolute atomic E-state index is 0.0495. The molecule has 0 heterocycles. The minimum atomic E-state index is -5.66. The molecule has 4 nitrogen and oxygen atoms in total. The van der Waals surface area contributed by atoms with Crippen LogP contribution in [0.15, 0.2) is 91.0 Å². The first kappa shape index (κ1) is 24.0. The summed E-state index contributed by atoms with van der Waals surface area (Å²) in [5.41, 5.74) is -4.04. The van der Waals surface area contributed by atoms with Crippen molar-refractivity contribution in [1.82, 2.24) is 0 Å². The Morgan fingerprint density at radius 1 is 0.719 bits per heavy atom. The quantitative estimate of drug-likeness (QED) is 0.239. The number of ether oxygens (including phenoxy) is 1. The standard InChI is InChI=1S/C24H23F3O4S/c1-19(18-31-32(28,29)24(25,26)27)17-30-23(20-11-5-2-6-12-20,21-13-7-3-8-14-21)22-15-9-4-10-16-22/h2-16,19H,17-18H2,1H3/t19-/m0/s1. The van der Waals surface area contributed by atoms with E-state index in [0.29, 0.717) is 0 Å². The number of hydrogen-bond donors (Lipinski definition) is 0. The lowest BCUT2D eigenvalue weighted by Gasteiger charge is -2.36. The number of hydrogen-bond acceptors (Lipinski definition) is 4. The molecule has 0 bridgehead atoms. The Balaban J connectivity index is 1.95. The summed E-state index contributed by atoms with van der Waals surface area (Å²) in [6, 6.07) is 28.4. The molecule has 8 heteroatoms. The number of halogens is 3. The zero-order chi connectivity index (χ0) is 23.2. The van der Waals surface area contributed by atoms with Crippen molar-refractivity contribution in [3.05, 3.63) is 108 Å². The summed E-state index contributed by atoms with van der Waals surface area (Å²) in [6.45, 7) is 0.861. The fourth-order valence-electron chi connectivity index (χ4n) is 3.36. The predicted molar refractivity (Wildman–Crippen MR) is 115 cm³/mol. The van der Waals surface area contributed by atoms with Crippen LogP contribution in [0.5, 0.6) is 0 Å². The van der Waals surface area contributed by atoms with Gasteiger partial charge in [0.15, 0.2) is 0 Å². The van der Waals surface area contributed by atoms with Gasteiger partial charge in [-0.1, -0.05) is 97.9 Å². The highest BCUT2D eigenvalue weighted by Gasteiger charge is 2.47. The van der Waals surface area contributed by atoms with Gasteiger partial charge in [0.05, 0.1) is 13.2 Å². The number of alkyl halides is 3. The summed E-state index contributed by atoms with van der Waals surface area (Å²) in [4.78, 5) is 0. The van der Waals surface area contributed by atoms with Crippen molar-refractivity contribution in [2.24, 2.45) is 5.92 Å². The highest BCUT2D eigenvalue weighted by atomic mass is 32.2. The van der Waals surface area contributed by atoms with Gasteiger partial charge in [-0.05, 0) is 16.7 Å². The highest BCUT2D eigenvalue weighted by molar-refractivity contribution is 7.87. The molecule has 1 atom stereocenters. The summed E-state index contributed by atoms with van der Waals surface area (Å²) in [6.07, 6.45) is 0. The first-order valence-electron chi connectivity index (χ1n) is 9.93. The van der Waals surface area contributed by atoms with Gasteiger partial charge in [-0.15, -0.1) is 0 Å². The lowest BCUT2D eigenvalue weighted by molar-refractivity contribution is -0.0573. The molecule has 0 saturated heterocycles. The molecule has 0 aliphatic heterocycles. The fraction of sp³-hybridized carbons (Fsp3) is 0.250. The largest absolute Gasteiger partial charge is 0.523 e. The van der Waals surface area contributed by atoms with Gasteiger partial charge in [0.1, 0.15) is 5.60 Å². The monoisotopic (exact) mass is 464 g/mol. The van der Waals surface area contributed by atoms with Crippen molar-refractivity contribution >= 4 is 10.1 Å². The Kier molecular flexibility index (Phi) is 7.38. The Morgan fingerprint density at radius 3 is 1.44 bits per heavy atom. The number of benzene rings is 3. The van der Waals surface area contributed by atoms with Crippen LogP contribution in [0.2, 0.25) is 0 Å². The molecular formula is C24H23F3O4S. The van der Waals surface area contributed by atoms with Crippen molar-refractivity contribution in [3.63, 3.8) is 0 Å². The summed E-state index contributed by atoms with van der Waals surface area (Å²) in [5.74, 6) is -0.636. The molecule has 3 rings (SSSR count). The van der Waals surface area contributed by atoms with Crippen LogP contribution in [0.25, 0.3) is 0 Å². The second-order valence-electron chi connectivity index (χ2n) is 7.38. The van der Waals surface area contributed by atoms with Crippen LogP contribution in [0.1, 0.15) is 23.6 Å². The molecule has 0 amide bonds. The molecule has 3 aromatic rings. The summed E-state index contributed by atoms with van der Waals surface area (Å²) >= 11 is 0. The van der Waals surface area contributed by atoms with E-state index in [-0.39, 0.29) is 6.61 Å². The summed E-state index contributed by atoms with van der Waals surface area (Å²) in [7, 11) is -5.66. The van der Waals surface area contributed by atoms with E-state index in [0.717, 1.165) is 16.7 Å². The van der Waals surface area contributed by atoms with Gasteiger partial charge in [0.2, 0.25) is 0 Å². The number of rotatable bonds is 9. The van der Waals surface area contributed by atoms with Gasteiger partial charge >= 0.3 is 15.6 Å². The topological polar surface area (TPSA) is 52.6 Å². The molecule has 0 aliphatic carbocycles. The molecule has 0 saturated carbocycles. The molecular weight excluding hydrogens is 441 g/mol. The second-order valence-corrected chi connectivity index (χ2v) is 8.99. The second kappa shape index (κ2) is 9.85. The van der Waals surface area contributed by atoms with Crippen LogP contribution in [0.3, 0.4) is 0 Å². The van der Waals surface area contributed by atoms with Crippen LogP contribution in [-0.2, 0) is 24.6 Å². The van der Waals surface area contributed by atoms with E-state index in [4.69, 9.17) is 4.74 Å². The maximum Gasteiger partial charge on any atom is 0.523 e. The van der Waals surface area contributed by atoms with Crippen LogP contribution < -0.4 is 0 Å². The van der Waals surface area contributed by atoms with Crippen molar-refractivity contribution in [1.29, 1.82) is 0 Å². The minimum Gasteiger partial charge on any atom is -0.360 e. The van der Waals surface area contributed by atoms with Gasteiger partial charge in [0.25, 0.3) is 0 Å². The molecule has 3 aromatic carbocycles. The van der Waals surface area contributed by atoms with E-state index < -0.39 is 33.8 Å². The van der Waals surface area contributed by atoms with Gasteiger partial charge in [-0.25, -0.2) is 0 Å². The van der Waals surface area contributed by atoms with E-state index in [9.17, 15) is 21.6 Å². The third-order valence-electron chi connectivity index (χ3n) is 4.92. The third kappa shape index (κ3) is 5.20. The molecule has 0 radical (unpaired) electrons. The predicted octanol–water partition coefficient (Wildman–Crippen LogP) is 5.50. The molecule has 0 unspecified atom stereocenters.